The van der Waals surface area contributed by atoms with Crippen molar-refractivity contribution in [2.75, 3.05) is 45.2 Å². The Morgan fingerprint density at radius 2 is 1.88 bits per heavy atom. The number of H-pyrrole nitrogens is 1. The molecule has 0 saturated carbocycles. The van der Waals surface area contributed by atoms with Crippen molar-refractivity contribution in [1.29, 1.82) is 0 Å². The van der Waals surface area contributed by atoms with Crippen LogP contribution in [0.5, 0.6) is 5.75 Å². The van der Waals surface area contributed by atoms with E-state index < -0.39 is 11.7 Å². The summed E-state index contributed by atoms with van der Waals surface area (Å²) in [7, 11) is 3.58. The van der Waals surface area contributed by atoms with E-state index in [0.717, 1.165) is 31.9 Å². The smallest absolute Gasteiger partial charge is 0.249 e. The van der Waals surface area contributed by atoms with Crippen LogP contribution in [0.15, 0.2) is 48.7 Å². The first-order valence-electron chi connectivity index (χ1n) is 11.0. The van der Waals surface area contributed by atoms with Crippen LogP contribution >= 0.6 is 0 Å². The number of hydrogen-bond acceptors (Lipinski definition) is 6. The summed E-state index contributed by atoms with van der Waals surface area (Å²) < 4.78 is 20.1. The Kier molecular flexibility index (Phi) is 5.62. The number of methoxy groups -OCH3 is 1. The van der Waals surface area contributed by atoms with E-state index in [-0.39, 0.29) is 5.56 Å². The summed E-state index contributed by atoms with van der Waals surface area (Å²) in [5, 5.41) is 8.25. The molecule has 2 aromatic carbocycles. The standard InChI is InChI=1S/C25H25FN6O2/c1-31-9-11-32(12-10-31)20-7-3-5-15(25(27)33)22(20)24-16-13-18(28-14-19(16)29-30-24)23-17(26)6-4-8-21(23)34-2/h3-8,13-14H,9-12H2,1-2H3,(H2,27,33)(H,29,30). The monoisotopic (exact) mass is 460 g/mol. The molecule has 1 saturated heterocycles. The number of aromatic nitrogens is 3. The van der Waals surface area contributed by atoms with Gasteiger partial charge in [0.05, 0.1) is 35.6 Å². The molecule has 4 aromatic rings. The number of ether oxygens (including phenoxy) is 1. The van der Waals surface area contributed by atoms with E-state index in [2.05, 4.69) is 32.0 Å². The van der Waals surface area contributed by atoms with Gasteiger partial charge in [-0.1, -0.05) is 12.1 Å². The van der Waals surface area contributed by atoms with E-state index in [4.69, 9.17) is 10.5 Å². The molecule has 1 fully saturated rings. The molecule has 1 aliphatic heterocycles. The summed E-state index contributed by atoms with van der Waals surface area (Å²) in [4.78, 5) is 21.4. The third-order valence-electron chi connectivity index (χ3n) is 6.29. The zero-order valence-electron chi connectivity index (χ0n) is 19.0. The third kappa shape index (κ3) is 3.73. The molecule has 3 heterocycles. The van der Waals surface area contributed by atoms with Crippen molar-refractivity contribution in [3.63, 3.8) is 0 Å². The van der Waals surface area contributed by atoms with E-state index in [1.165, 1.54) is 13.2 Å². The number of halogens is 1. The van der Waals surface area contributed by atoms with Gasteiger partial charge in [-0.15, -0.1) is 0 Å². The lowest BCUT2D eigenvalue weighted by atomic mass is 9.97. The van der Waals surface area contributed by atoms with Crippen LogP contribution in [-0.4, -0.2) is 66.3 Å². The second kappa shape index (κ2) is 8.75. The molecule has 1 aliphatic rings. The van der Waals surface area contributed by atoms with Crippen LogP contribution < -0.4 is 15.4 Å². The van der Waals surface area contributed by atoms with Crippen molar-refractivity contribution in [1.82, 2.24) is 20.1 Å². The summed E-state index contributed by atoms with van der Waals surface area (Å²) >= 11 is 0. The average Bonchev–Trinajstić information content (AvgIpc) is 3.26. The summed E-state index contributed by atoms with van der Waals surface area (Å²) in [5.74, 6) is -0.591. The number of aromatic amines is 1. The highest BCUT2D eigenvalue weighted by atomic mass is 19.1. The fraction of sp³-hybridized carbons (Fsp3) is 0.240. The molecule has 0 aliphatic carbocycles. The van der Waals surface area contributed by atoms with Crippen molar-refractivity contribution >= 4 is 22.5 Å². The molecule has 174 valence electrons. The fourth-order valence-electron chi connectivity index (χ4n) is 4.47. The maximum Gasteiger partial charge on any atom is 0.249 e. The minimum absolute atomic E-state index is 0.265. The molecule has 3 N–H and O–H groups in total. The van der Waals surface area contributed by atoms with Crippen molar-refractivity contribution in [3.8, 4) is 28.3 Å². The van der Waals surface area contributed by atoms with Crippen LogP contribution in [0, 0.1) is 5.82 Å². The van der Waals surface area contributed by atoms with Crippen LogP contribution in [0.4, 0.5) is 10.1 Å². The topological polar surface area (TPSA) is 100 Å². The molecule has 9 heteroatoms. The largest absolute Gasteiger partial charge is 0.496 e. The molecule has 0 atom stereocenters. The van der Waals surface area contributed by atoms with Crippen LogP contribution in [-0.2, 0) is 0 Å². The molecule has 0 radical (unpaired) electrons. The van der Waals surface area contributed by atoms with Gasteiger partial charge in [0, 0.05) is 42.8 Å². The minimum Gasteiger partial charge on any atom is -0.496 e. The number of carbonyl (C=O) groups is 1. The Bertz CT molecular complexity index is 1380. The first-order valence-corrected chi connectivity index (χ1v) is 11.0. The second-order valence-corrected chi connectivity index (χ2v) is 8.36. The molecule has 0 bridgehead atoms. The van der Waals surface area contributed by atoms with E-state index in [0.29, 0.717) is 39.2 Å². The molecule has 1 amide bonds. The molecule has 34 heavy (non-hydrogen) atoms. The molecular formula is C25H25FN6O2. The Balaban J connectivity index is 1.72. The Hall–Kier alpha value is -3.98. The highest BCUT2D eigenvalue weighted by molar-refractivity contribution is 6.07. The summed E-state index contributed by atoms with van der Waals surface area (Å²) in [6, 6.07) is 11.9. The van der Waals surface area contributed by atoms with Crippen molar-refractivity contribution < 1.29 is 13.9 Å². The number of nitrogens with one attached hydrogen (secondary N) is 1. The first-order chi connectivity index (χ1) is 16.5. The van der Waals surface area contributed by atoms with Crippen molar-refractivity contribution in [2.45, 2.75) is 0 Å². The van der Waals surface area contributed by atoms with Gasteiger partial charge in [-0.05, 0) is 37.4 Å². The van der Waals surface area contributed by atoms with Gasteiger partial charge in [0.2, 0.25) is 5.91 Å². The van der Waals surface area contributed by atoms with Gasteiger partial charge >= 0.3 is 0 Å². The molecule has 0 unspecified atom stereocenters. The molecular weight excluding hydrogens is 435 g/mol. The predicted octanol–water partition coefficient (Wildman–Crippen LogP) is 3.29. The van der Waals surface area contributed by atoms with Gasteiger partial charge in [-0.3, -0.25) is 14.9 Å². The molecule has 8 nitrogen and oxygen atoms in total. The number of benzene rings is 2. The SMILES string of the molecule is COc1cccc(F)c1-c1cc2c(-c3c(C(N)=O)cccc3N3CCN(C)CC3)n[nH]c2cn1. The number of carbonyl (C=O) groups excluding carboxylic acids is 1. The van der Waals surface area contributed by atoms with E-state index in [9.17, 15) is 9.18 Å². The Morgan fingerprint density at radius 1 is 1.12 bits per heavy atom. The van der Waals surface area contributed by atoms with Gasteiger partial charge in [-0.25, -0.2) is 4.39 Å². The number of primary amides is 1. The van der Waals surface area contributed by atoms with Crippen LogP contribution in [0.3, 0.4) is 0 Å². The van der Waals surface area contributed by atoms with E-state index in [1.54, 1.807) is 30.5 Å². The maximum absolute atomic E-state index is 14.8. The number of piperazine rings is 1. The summed E-state index contributed by atoms with van der Waals surface area (Å²) in [5.41, 5.74) is 9.61. The van der Waals surface area contributed by atoms with Crippen LogP contribution in [0.2, 0.25) is 0 Å². The quantitative estimate of drug-likeness (QED) is 0.474. The molecule has 2 aromatic heterocycles. The minimum atomic E-state index is -0.535. The van der Waals surface area contributed by atoms with Gasteiger partial charge in [0.1, 0.15) is 17.3 Å². The zero-order chi connectivity index (χ0) is 23.8. The maximum atomic E-state index is 14.8. The number of hydrogen-bond donors (Lipinski definition) is 2. The van der Waals surface area contributed by atoms with Gasteiger partial charge in [-0.2, -0.15) is 5.10 Å². The average molecular weight is 461 g/mol. The number of likely N-dealkylation sites (N-methyl/N-ethyl adjacent to an activating group) is 1. The highest BCUT2D eigenvalue weighted by Gasteiger charge is 2.25. The number of amides is 1. The van der Waals surface area contributed by atoms with Gasteiger partial charge in [0.15, 0.2) is 0 Å². The van der Waals surface area contributed by atoms with E-state index >= 15 is 0 Å². The Labute approximate surface area is 196 Å². The first kappa shape index (κ1) is 21.8. The summed E-state index contributed by atoms with van der Waals surface area (Å²) in [6.07, 6.45) is 1.61. The van der Waals surface area contributed by atoms with Gasteiger partial charge < -0.3 is 20.3 Å². The van der Waals surface area contributed by atoms with Crippen molar-refractivity contribution in [3.05, 3.63) is 60.0 Å². The van der Waals surface area contributed by atoms with Gasteiger partial charge in [0.25, 0.3) is 0 Å². The molecule has 5 rings (SSSR count). The third-order valence-corrected chi connectivity index (χ3v) is 6.29. The lowest BCUT2D eigenvalue weighted by Gasteiger charge is -2.35. The Morgan fingerprint density at radius 3 is 2.62 bits per heavy atom. The number of nitrogens with two attached hydrogens (primary N) is 1. The number of fused-ring (bicyclic) bond motifs is 1. The number of nitrogens with zero attached hydrogens (tertiary/aromatic N) is 4. The van der Waals surface area contributed by atoms with Crippen LogP contribution in [0.1, 0.15) is 10.4 Å². The van der Waals surface area contributed by atoms with Crippen LogP contribution in [0.25, 0.3) is 33.4 Å². The second-order valence-electron chi connectivity index (χ2n) is 8.36. The predicted molar refractivity (Wildman–Crippen MR) is 129 cm³/mol. The number of rotatable bonds is 5. The van der Waals surface area contributed by atoms with E-state index in [1.807, 2.05) is 12.1 Å². The number of anilines is 1. The zero-order valence-corrected chi connectivity index (χ0v) is 19.0. The number of pyridine rings is 1. The fourth-order valence-corrected chi connectivity index (χ4v) is 4.47. The molecule has 0 spiro atoms. The lowest BCUT2D eigenvalue weighted by Crippen LogP contribution is -2.44. The normalized spacial score (nSPS) is 14.5. The lowest BCUT2D eigenvalue weighted by molar-refractivity contribution is 0.100. The highest BCUT2D eigenvalue weighted by Crippen LogP contribution is 2.39. The summed E-state index contributed by atoms with van der Waals surface area (Å²) in [6.45, 7) is 3.44. The van der Waals surface area contributed by atoms with Crippen molar-refractivity contribution in [2.24, 2.45) is 5.73 Å².